The van der Waals surface area contributed by atoms with Gasteiger partial charge in [-0.1, -0.05) is 22.0 Å². The first kappa shape index (κ1) is 18.0. The van der Waals surface area contributed by atoms with E-state index in [0.717, 1.165) is 4.47 Å². The van der Waals surface area contributed by atoms with Gasteiger partial charge in [0, 0.05) is 42.0 Å². The van der Waals surface area contributed by atoms with E-state index in [1.54, 1.807) is 25.3 Å². The molecule has 1 saturated heterocycles. The second-order valence-electron chi connectivity index (χ2n) is 7.05. The van der Waals surface area contributed by atoms with E-state index in [2.05, 4.69) is 15.9 Å². The lowest BCUT2D eigenvalue weighted by molar-refractivity contribution is -0.00581. The summed E-state index contributed by atoms with van der Waals surface area (Å²) in [5.74, 6) is 1.35. The van der Waals surface area contributed by atoms with Crippen LogP contribution in [0.15, 0.2) is 46.9 Å². The number of Topliss-reactive ketones (excluding diaryl/α,β-unsaturated/α-hetero) is 1. The third-order valence-corrected chi connectivity index (χ3v) is 5.83. The largest absolute Gasteiger partial charge is 0.497 e. The van der Waals surface area contributed by atoms with Crippen LogP contribution in [0.5, 0.6) is 11.5 Å². The summed E-state index contributed by atoms with van der Waals surface area (Å²) in [6.07, 6.45) is 1.62. The molecule has 4 rings (SSSR count). The number of methoxy groups -OCH3 is 1. The number of carbonyl (C=O) groups excluding carboxylic acids is 2. The van der Waals surface area contributed by atoms with Crippen molar-refractivity contribution in [1.82, 2.24) is 4.90 Å². The Morgan fingerprint density at radius 1 is 1.19 bits per heavy atom. The Morgan fingerprint density at radius 2 is 1.96 bits per heavy atom. The zero-order valence-corrected chi connectivity index (χ0v) is 16.6. The first-order valence-electron chi connectivity index (χ1n) is 8.95. The Bertz CT molecular complexity index is 903. The van der Waals surface area contributed by atoms with E-state index >= 15 is 0 Å². The van der Waals surface area contributed by atoms with E-state index in [9.17, 15) is 9.59 Å². The van der Waals surface area contributed by atoms with Gasteiger partial charge < -0.3 is 14.4 Å². The fraction of sp³-hybridized carbons (Fsp3) is 0.333. The second-order valence-corrected chi connectivity index (χ2v) is 7.97. The SMILES string of the molecule is COc1ccc2c(c1)OC1(CCN(C(=O)c3cccc(Br)c3)CC1)CC2=O. The molecule has 0 saturated carbocycles. The third-order valence-electron chi connectivity index (χ3n) is 5.33. The van der Waals surface area contributed by atoms with Crippen molar-refractivity contribution in [2.45, 2.75) is 24.9 Å². The molecule has 1 amide bonds. The Morgan fingerprint density at radius 3 is 2.67 bits per heavy atom. The minimum absolute atomic E-state index is 0.00959. The zero-order valence-electron chi connectivity index (χ0n) is 15.0. The number of rotatable bonds is 2. The van der Waals surface area contributed by atoms with Crippen LogP contribution in [-0.2, 0) is 0 Å². The molecule has 27 heavy (non-hydrogen) atoms. The van der Waals surface area contributed by atoms with Crippen molar-refractivity contribution in [1.29, 1.82) is 0 Å². The van der Waals surface area contributed by atoms with Crippen molar-refractivity contribution in [3.05, 3.63) is 58.1 Å². The highest BCUT2D eigenvalue weighted by Crippen LogP contribution is 2.40. The lowest BCUT2D eigenvalue weighted by Crippen LogP contribution is -2.52. The van der Waals surface area contributed by atoms with Crippen LogP contribution in [0.3, 0.4) is 0 Å². The molecule has 2 aliphatic rings. The molecular formula is C21H20BrNO4. The van der Waals surface area contributed by atoms with Gasteiger partial charge >= 0.3 is 0 Å². The number of carbonyl (C=O) groups is 2. The minimum atomic E-state index is -0.537. The molecule has 0 radical (unpaired) electrons. The van der Waals surface area contributed by atoms with Crippen LogP contribution in [0.4, 0.5) is 0 Å². The molecule has 1 fully saturated rings. The van der Waals surface area contributed by atoms with Crippen LogP contribution >= 0.6 is 15.9 Å². The molecule has 2 aromatic carbocycles. The highest BCUT2D eigenvalue weighted by atomic mass is 79.9. The third kappa shape index (κ3) is 3.46. The normalized spacial score (nSPS) is 18.0. The summed E-state index contributed by atoms with van der Waals surface area (Å²) < 4.78 is 12.4. The molecule has 0 aromatic heterocycles. The van der Waals surface area contributed by atoms with Gasteiger partial charge in [0.2, 0.25) is 0 Å². The van der Waals surface area contributed by atoms with E-state index in [1.807, 2.05) is 29.2 Å². The minimum Gasteiger partial charge on any atom is -0.497 e. The maximum absolute atomic E-state index is 12.8. The van der Waals surface area contributed by atoms with Crippen molar-refractivity contribution in [3.8, 4) is 11.5 Å². The molecule has 0 aliphatic carbocycles. The highest BCUT2D eigenvalue weighted by molar-refractivity contribution is 9.10. The summed E-state index contributed by atoms with van der Waals surface area (Å²) in [6.45, 7) is 1.13. The number of hydrogen-bond acceptors (Lipinski definition) is 4. The quantitative estimate of drug-likeness (QED) is 0.720. The smallest absolute Gasteiger partial charge is 0.253 e. The molecule has 0 atom stereocenters. The Kier molecular flexibility index (Phi) is 4.68. The summed E-state index contributed by atoms with van der Waals surface area (Å²) in [6, 6.07) is 12.7. The zero-order chi connectivity index (χ0) is 19.0. The average molecular weight is 430 g/mol. The van der Waals surface area contributed by atoms with Gasteiger partial charge in [0.05, 0.1) is 19.1 Å². The van der Waals surface area contributed by atoms with Gasteiger partial charge in [-0.2, -0.15) is 0 Å². The van der Waals surface area contributed by atoms with Gasteiger partial charge in [0.15, 0.2) is 5.78 Å². The predicted molar refractivity (Wildman–Crippen MR) is 105 cm³/mol. The number of halogens is 1. The number of nitrogens with zero attached hydrogens (tertiary/aromatic N) is 1. The van der Waals surface area contributed by atoms with Crippen LogP contribution in [0, 0.1) is 0 Å². The topological polar surface area (TPSA) is 55.8 Å². The number of fused-ring (bicyclic) bond motifs is 1. The van der Waals surface area contributed by atoms with Gasteiger partial charge in [-0.15, -0.1) is 0 Å². The van der Waals surface area contributed by atoms with Crippen molar-refractivity contribution < 1.29 is 19.1 Å². The molecule has 6 heteroatoms. The van der Waals surface area contributed by atoms with Crippen molar-refractivity contribution >= 4 is 27.6 Å². The van der Waals surface area contributed by atoms with Gasteiger partial charge in [-0.3, -0.25) is 9.59 Å². The molecule has 0 unspecified atom stereocenters. The monoisotopic (exact) mass is 429 g/mol. The van der Waals surface area contributed by atoms with E-state index in [-0.39, 0.29) is 11.7 Å². The molecule has 2 aromatic rings. The van der Waals surface area contributed by atoms with E-state index < -0.39 is 5.60 Å². The number of hydrogen-bond donors (Lipinski definition) is 0. The van der Waals surface area contributed by atoms with Crippen LogP contribution in [-0.4, -0.2) is 42.4 Å². The number of piperidine rings is 1. The molecule has 0 N–H and O–H groups in total. The lowest BCUT2D eigenvalue weighted by atomic mass is 9.82. The molecule has 0 bridgehead atoms. The van der Waals surface area contributed by atoms with Crippen LogP contribution in [0.2, 0.25) is 0 Å². The Hall–Kier alpha value is -2.34. The number of ether oxygens (including phenoxy) is 2. The predicted octanol–water partition coefficient (Wildman–Crippen LogP) is 4.10. The number of amides is 1. The van der Waals surface area contributed by atoms with Crippen LogP contribution < -0.4 is 9.47 Å². The summed E-state index contributed by atoms with van der Waals surface area (Å²) in [4.78, 5) is 27.2. The number of likely N-dealkylation sites (tertiary alicyclic amines) is 1. The van der Waals surface area contributed by atoms with E-state index in [0.29, 0.717) is 55.0 Å². The fourth-order valence-electron chi connectivity index (χ4n) is 3.80. The number of benzene rings is 2. The fourth-order valence-corrected chi connectivity index (χ4v) is 4.20. The molecule has 2 heterocycles. The summed E-state index contributed by atoms with van der Waals surface area (Å²) >= 11 is 3.41. The highest BCUT2D eigenvalue weighted by Gasteiger charge is 2.43. The van der Waals surface area contributed by atoms with E-state index in [1.165, 1.54) is 0 Å². The van der Waals surface area contributed by atoms with Crippen LogP contribution in [0.25, 0.3) is 0 Å². The second kappa shape index (κ2) is 7.00. The summed E-state index contributed by atoms with van der Waals surface area (Å²) in [7, 11) is 1.59. The summed E-state index contributed by atoms with van der Waals surface area (Å²) in [5, 5.41) is 0. The number of ketones is 1. The maximum Gasteiger partial charge on any atom is 0.253 e. The first-order chi connectivity index (χ1) is 13.0. The van der Waals surface area contributed by atoms with E-state index in [4.69, 9.17) is 9.47 Å². The average Bonchev–Trinajstić information content (AvgIpc) is 2.67. The van der Waals surface area contributed by atoms with Gasteiger partial charge in [-0.05, 0) is 30.3 Å². The van der Waals surface area contributed by atoms with Gasteiger partial charge in [-0.25, -0.2) is 0 Å². The van der Waals surface area contributed by atoms with Crippen LogP contribution in [0.1, 0.15) is 40.0 Å². The Balaban J connectivity index is 1.50. The first-order valence-corrected chi connectivity index (χ1v) is 9.74. The molecule has 2 aliphatic heterocycles. The lowest BCUT2D eigenvalue weighted by Gasteiger charge is -2.44. The molecule has 1 spiro atoms. The van der Waals surface area contributed by atoms with Crippen molar-refractivity contribution in [2.24, 2.45) is 0 Å². The molecule has 5 nitrogen and oxygen atoms in total. The van der Waals surface area contributed by atoms with Gasteiger partial charge in [0.25, 0.3) is 5.91 Å². The molecule has 140 valence electrons. The van der Waals surface area contributed by atoms with Crippen molar-refractivity contribution in [2.75, 3.05) is 20.2 Å². The summed E-state index contributed by atoms with van der Waals surface area (Å²) in [5.41, 5.74) is 0.731. The standard InChI is InChI=1S/C21H20BrNO4/c1-26-16-5-6-17-18(24)13-21(27-19(17)12-16)7-9-23(10-8-21)20(25)14-3-2-4-15(22)11-14/h2-6,11-12H,7-10,13H2,1H3. The Labute approximate surface area is 166 Å². The van der Waals surface area contributed by atoms with Gasteiger partial charge in [0.1, 0.15) is 17.1 Å². The van der Waals surface area contributed by atoms with Crippen molar-refractivity contribution in [3.63, 3.8) is 0 Å². The molecular weight excluding hydrogens is 410 g/mol. The maximum atomic E-state index is 12.8.